The minimum Gasteiger partial charge on any atom is -0.480 e. The average molecular weight is 271 g/mol. The third kappa shape index (κ3) is 3.84. The molecule has 0 bridgehead atoms. The molecule has 19 heavy (non-hydrogen) atoms. The zero-order chi connectivity index (χ0) is 14.6. The summed E-state index contributed by atoms with van der Waals surface area (Å²) in [4.78, 5) is 37.2. The summed E-state index contributed by atoms with van der Waals surface area (Å²) in [6, 6.07) is -1.31. The summed E-state index contributed by atoms with van der Waals surface area (Å²) < 4.78 is 0. The quantitative estimate of drug-likeness (QED) is 0.764. The number of rotatable bonds is 4. The van der Waals surface area contributed by atoms with Crippen LogP contribution < -0.4 is 5.73 Å². The summed E-state index contributed by atoms with van der Waals surface area (Å²) in [5.74, 6) is -1.61. The van der Waals surface area contributed by atoms with E-state index in [1.165, 1.54) is 9.80 Å². The van der Waals surface area contributed by atoms with Crippen LogP contribution in [0.15, 0.2) is 0 Å². The Morgan fingerprint density at radius 3 is 2.47 bits per heavy atom. The summed E-state index contributed by atoms with van der Waals surface area (Å²) in [6.45, 7) is 3.54. The van der Waals surface area contributed by atoms with Gasteiger partial charge < -0.3 is 20.6 Å². The van der Waals surface area contributed by atoms with Gasteiger partial charge in [-0.2, -0.15) is 0 Å². The molecule has 1 aliphatic heterocycles. The van der Waals surface area contributed by atoms with E-state index in [1.807, 2.05) is 0 Å². The largest absolute Gasteiger partial charge is 0.480 e. The molecular formula is C12H21N3O4. The number of likely N-dealkylation sites (tertiary alicyclic amines) is 1. The van der Waals surface area contributed by atoms with E-state index in [0.29, 0.717) is 13.0 Å². The lowest BCUT2D eigenvalue weighted by Crippen LogP contribution is -2.56. The summed E-state index contributed by atoms with van der Waals surface area (Å²) in [5.41, 5.74) is 5.31. The Balaban J connectivity index is 2.87. The Morgan fingerprint density at radius 2 is 2.00 bits per heavy atom. The van der Waals surface area contributed by atoms with Crippen molar-refractivity contribution in [3.8, 4) is 0 Å². The molecular weight excluding hydrogens is 250 g/mol. The molecule has 7 heteroatoms. The lowest BCUT2D eigenvalue weighted by Gasteiger charge is -2.38. The number of hydrogen-bond donors (Lipinski definition) is 2. The molecule has 0 aromatic heterocycles. The van der Waals surface area contributed by atoms with E-state index in [2.05, 4.69) is 0 Å². The third-order valence-electron chi connectivity index (χ3n) is 3.25. The minimum absolute atomic E-state index is 0.251. The van der Waals surface area contributed by atoms with Gasteiger partial charge in [0, 0.05) is 12.6 Å². The highest BCUT2D eigenvalue weighted by atomic mass is 16.4. The Kier molecular flexibility index (Phi) is 5.14. The molecule has 0 spiro atoms. The normalized spacial score (nSPS) is 19.3. The molecule has 3 N–H and O–H groups in total. The molecule has 3 amide bonds. The first-order chi connectivity index (χ1) is 8.84. The summed E-state index contributed by atoms with van der Waals surface area (Å²) >= 11 is 0. The number of nitrogens with two attached hydrogens (primary N) is 1. The Morgan fingerprint density at radius 1 is 1.37 bits per heavy atom. The fourth-order valence-electron chi connectivity index (χ4n) is 2.24. The minimum atomic E-state index is -1.07. The van der Waals surface area contributed by atoms with Crippen molar-refractivity contribution in [1.82, 2.24) is 9.80 Å². The van der Waals surface area contributed by atoms with Gasteiger partial charge in [-0.15, -0.1) is 0 Å². The highest BCUT2D eigenvalue weighted by molar-refractivity contribution is 5.87. The molecule has 1 aliphatic rings. The van der Waals surface area contributed by atoms with Crippen molar-refractivity contribution in [1.29, 1.82) is 0 Å². The number of carbonyl (C=O) groups is 3. The van der Waals surface area contributed by atoms with Crippen molar-refractivity contribution in [2.75, 3.05) is 13.1 Å². The summed E-state index contributed by atoms with van der Waals surface area (Å²) in [5, 5.41) is 8.85. The summed E-state index contributed by atoms with van der Waals surface area (Å²) in [7, 11) is 0. The van der Waals surface area contributed by atoms with Crippen molar-refractivity contribution in [3.63, 3.8) is 0 Å². The van der Waals surface area contributed by atoms with E-state index in [9.17, 15) is 14.4 Å². The van der Waals surface area contributed by atoms with Crippen molar-refractivity contribution in [2.24, 2.45) is 5.73 Å². The maximum Gasteiger partial charge on any atom is 0.323 e. The Labute approximate surface area is 112 Å². The molecule has 1 rings (SSSR count). The SMILES string of the molecule is CC(C)N(CC(=O)O)C(=O)N1CCCCC1C(N)=O. The fraction of sp³-hybridized carbons (Fsp3) is 0.750. The molecule has 7 nitrogen and oxygen atoms in total. The smallest absolute Gasteiger partial charge is 0.323 e. The van der Waals surface area contributed by atoms with Crippen LogP contribution in [0.25, 0.3) is 0 Å². The number of urea groups is 1. The van der Waals surface area contributed by atoms with Gasteiger partial charge in [-0.1, -0.05) is 0 Å². The Bertz CT molecular complexity index is 370. The molecule has 0 saturated carbocycles. The van der Waals surface area contributed by atoms with Crippen LogP contribution >= 0.6 is 0 Å². The highest BCUT2D eigenvalue weighted by Crippen LogP contribution is 2.19. The molecule has 0 aromatic rings. The number of carbonyl (C=O) groups excluding carboxylic acids is 2. The molecule has 0 aromatic carbocycles. The van der Waals surface area contributed by atoms with Gasteiger partial charge in [0.2, 0.25) is 5.91 Å². The molecule has 108 valence electrons. The first-order valence-electron chi connectivity index (χ1n) is 6.43. The predicted octanol–water partition coefficient (Wildman–Crippen LogP) is 0.241. The van der Waals surface area contributed by atoms with Crippen molar-refractivity contribution >= 4 is 17.9 Å². The lowest BCUT2D eigenvalue weighted by atomic mass is 10.0. The second-order valence-electron chi connectivity index (χ2n) is 5.01. The molecule has 0 radical (unpaired) electrons. The monoisotopic (exact) mass is 271 g/mol. The van der Waals surface area contributed by atoms with Crippen LogP contribution in [-0.4, -0.2) is 58.0 Å². The van der Waals surface area contributed by atoms with Gasteiger partial charge in [-0.25, -0.2) is 4.79 Å². The van der Waals surface area contributed by atoms with Gasteiger partial charge in [0.05, 0.1) is 0 Å². The van der Waals surface area contributed by atoms with Crippen LogP contribution in [-0.2, 0) is 9.59 Å². The maximum atomic E-state index is 12.4. The molecule has 1 saturated heterocycles. The second-order valence-corrected chi connectivity index (χ2v) is 5.01. The zero-order valence-corrected chi connectivity index (χ0v) is 11.3. The molecule has 1 unspecified atom stereocenters. The highest BCUT2D eigenvalue weighted by Gasteiger charge is 2.34. The first-order valence-corrected chi connectivity index (χ1v) is 6.43. The number of carboxylic acids is 1. The fourth-order valence-corrected chi connectivity index (χ4v) is 2.24. The van der Waals surface area contributed by atoms with E-state index in [-0.39, 0.29) is 12.6 Å². The predicted molar refractivity (Wildman–Crippen MR) is 68.4 cm³/mol. The first kappa shape index (κ1) is 15.3. The van der Waals surface area contributed by atoms with Crippen molar-refractivity contribution in [2.45, 2.75) is 45.2 Å². The number of nitrogens with zero attached hydrogens (tertiary/aromatic N) is 2. The van der Waals surface area contributed by atoms with Crippen LogP contribution in [0.4, 0.5) is 4.79 Å². The van der Waals surface area contributed by atoms with Gasteiger partial charge in [0.1, 0.15) is 12.6 Å². The van der Waals surface area contributed by atoms with Crippen LogP contribution in [0.1, 0.15) is 33.1 Å². The maximum absolute atomic E-state index is 12.4. The van der Waals surface area contributed by atoms with Gasteiger partial charge in [-0.05, 0) is 33.1 Å². The number of piperidine rings is 1. The van der Waals surface area contributed by atoms with Crippen molar-refractivity contribution < 1.29 is 19.5 Å². The third-order valence-corrected chi connectivity index (χ3v) is 3.25. The van der Waals surface area contributed by atoms with Crippen LogP contribution in [0.2, 0.25) is 0 Å². The van der Waals surface area contributed by atoms with Crippen molar-refractivity contribution in [3.05, 3.63) is 0 Å². The molecule has 0 aliphatic carbocycles. The Hall–Kier alpha value is -1.79. The average Bonchev–Trinajstić information content (AvgIpc) is 2.34. The second kappa shape index (κ2) is 6.40. The number of hydrogen-bond acceptors (Lipinski definition) is 3. The van der Waals surface area contributed by atoms with E-state index in [4.69, 9.17) is 10.8 Å². The molecule has 1 fully saturated rings. The van der Waals surface area contributed by atoms with E-state index in [0.717, 1.165) is 12.8 Å². The topological polar surface area (TPSA) is 104 Å². The van der Waals surface area contributed by atoms with Crippen LogP contribution in [0.3, 0.4) is 0 Å². The van der Waals surface area contributed by atoms with Gasteiger partial charge in [-0.3, -0.25) is 9.59 Å². The number of carboxylic acid groups (broad SMARTS) is 1. The van der Waals surface area contributed by atoms with Crippen LogP contribution in [0, 0.1) is 0 Å². The van der Waals surface area contributed by atoms with E-state index < -0.39 is 23.9 Å². The zero-order valence-electron chi connectivity index (χ0n) is 11.3. The van der Waals surface area contributed by atoms with Gasteiger partial charge >= 0.3 is 12.0 Å². The standard InChI is InChI=1S/C12H21N3O4/c1-8(2)15(7-10(16)17)12(19)14-6-4-3-5-9(14)11(13)18/h8-9H,3-7H2,1-2H3,(H2,13,18)(H,16,17). The lowest BCUT2D eigenvalue weighted by molar-refractivity contribution is -0.138. The van der Waals surface area contributed by atoms with E-state index in [1.54, 1.807) is 13.8 Å². The number of primary amides is 1. The number of aliphatic carboxylic acids is 1. The molecule has 1 heterocycles. The van der Waals surface area contributed by atoms with Gasteiger partial charge in [0.25, 0.3) is 0 Å². The summed E-state index contributed by atoms with van der Waals surface area (Å²) in [6.07, 6.45) is 2.19. The van der Waals surface area contributed by atoms with E-state index >= 15 is 0 Å². The van der Waals surface area contributed by atoms with Crippen LogP contribution in [0.5, 0.6) is 0 Å². The number of amides is 3. The van der Waals surface area contributed by atoms with Gasteiger partial charge in [0.15, 0.2) is 0 Å². The molecule has 1 atom stereocenters.